The first kappa shape index (κ1) is 20.0. The van der Waals surface area contributed by atoms with Gasteiger partial charge in [-0.1, -0.05) is 31.2 Å². The summed E-state index contributed by atoms with van der Waals surface area (Å²) in [4.78, 5) is 23.9. The maximum atomic E-state index is 12.2. The predicted molar refractivity (Wildman–Crippen MR) is 94.0 cm³/mol. The minimum Gasteiger partial charge on any atom is -0.461 e. The first-order valence-electron chi connectivity index (χ1n) is 8.27. The van der Waals surface area contributed by atoms with Crippen LogP contribution in [0.15, 0.2) is 24.3 Å². The third kappa shape index (κ3) is 6.22. The van der Waals surface area contributed by atoms with Crippen molar-refractivity contribution in [1.82, 2.24) is 5.32 Å². The van der Waals surface area contributed by atoms with Crippen LogP contribution in [0.2, 0.25) is 0 Å². The molecule has 0 fully saturated rings. The van der Waals surface area contributed by atoms with E-state index in [1.54, 1.807) is 27.7 Å². The number of amides is 1. The van der Waals surface area contributed by atoms with Gasteiger partial charge in [0.05, 0.1) is 0 Å². The minimum atomic E-state index is -0.772. The molecule has 0 saturated heterocycles. The van der Waals surface area contributed by atoms with Gasteiger partial charge in [-0.3, -0.25) is 0 Å². The molecule has 1 N–H and O–H groups in total. The molecule has 0 aliphatic carbocycles. The van der Waals surface area contributed by atoms with Gasteiger partial charge in [-0.2, -0.15) is 0 Å². The second kappa shape index (κ2) is 8.18. The van der Waals surface area contributed by atoms with Crippen molar-refractivity contribution in [3.63, 3.8) is 0 Å². The second-order valence-corrected chi connectivity index (χ2v) is 7.16. The van der Waals surface area contributed by atoms with E-state index in [1.807, 2.05) is 45.0 Å². The average Bonchev–Trinajstić information content (AvgIpc) is 2.44. The number of hydrogen-bond acceptors (Lipinski definition) is 4. The first-order valence-corrected chi connectivity index (χ1v) is 8.27. The van der Waals surface area contributed by atoms with Crippen LogP contribution in [0.4, 0.5) is 4.79 Å². The van der Waals surface area contributed by atoms with E-state index in [2.05, 4.69) is 5.32 Å². The summed E-state index contributed by atoms with van der Waals surface area (Å²) in [5.41, 5.74) is 1.69. The molecular weight excluding hydrogens is 306 g/mol. The number of aryl methyl sites for hydroxylation is 1. The van der Waals surface area contributed by atoms with Crippen LogP contribution in [0.3, 0.4) is 0 Å². The molecule has 5 heteroatoms. The van der Waals surface area contributed by atoms with Crippen molar-refractivity contribution in [3.05, 3.63) is 35.4 Å². The number of nitrogens with one attached hydrogen (secondary N) is 1. The fraction of sp³-hybridized carbons (Fsp3) is 0.579. The Morgan fingerprint density at radius 2 is 1.67 bits per heavy atom. The van der Waals surface area contributed by atoms with E-state index in [0.717, 1.165) is 11.1 Å². The van der Waals surface area contributed by atoms with Crippen LogP contribution in [0.25, 0.3) is 0 Å². The summed E-state index contributed by atoms with van der Waals surface area (Å²) in [6.07, 6.45) is -0.937. The molecule has 0 bridgehead atoms. The lowest BCUT2D eigenvalue weighted by molar-refractivity contribution is -0.151. The van der Waals surface area contributed by atoms with Crippen molar-refractivity contribution in [2.75, 3.05) is 0 Å². The SMILES string of the molecule is Cc1ccccc1[C@@H](C)[C@H](C)OC(=O)[C@H](C)NC(=O)OC(C)(C)C. The zero-order chi connectivity index (χ0) is 18.5. The lowest BCUT2D eigenvalue weighted by Crippen LogP contribution is -2.43. The molecule has 0 heterocycles. The van der Waals surface area contributed by atoms with Crippen molar-refractivity contribution < 1.29 is 19.1 Å². The fourth-order valence-corrected chi connectivity index (χ4v) is 2.28. The number of rotatable bonds is 5. The highest BCUT2D eigenvalue weighted by molar-refractivity contribution is 5.81. The summed E-state index contributed by atoms with van der Waals surface area (Å²) in [7, 11) is 0. The Bertz CT molecular complexity index is 577. The van der Waals surface area contributed by atoms with Crippen molar-refractivity contribution >= 4 is 12.1 Å². The Kier molecular flexibility index (Phi) is 6.81. The second-order valence-electron chi connectivity index (χ2n) is 7.16. The Labute approximate surface area is 144 Å². The van der Waals surface area contributed by atoms with Crippen LogP contribution in [0, 0.1) is 6.92 Å². The molecular formula is C19H29NO4. The van der Waals surface area contributed by atoms with E-state index in [1.165, 1.54) is 0 Å². The van der Waals surface area contributed by atoms with E-state index >= 15 is 0 Å². The van der Waals surface area contributed by atoms with E-state index in [4.69, 9.17) is 9.47 Å². The largest absolute Gasteiger partial charge is 0.461 e. The number of ether oxygens (including phenoxy) is 2. The third-order valence-corrected chi connectivity index (χ3v) is 3.77. The van der Waals surface area contributed by atoms with Crippen LogP contribution in [0.5, 0.6) is 0 Å². The van der Waals surface area contributed by atoms with Gasteiger partial charge in [-0.05, 0) is 52.7 Å². The molecule has 24 heavy (non-hydrogen) atoms. The predicted octanol–water partition coefficient (Wildman–Crippen LogP) is 3.94. The van der Waals surface area contributed by atoms with Gasteiger partial charge >= 0.3 is 12.1 Å². The van der Waals surface area contributed by atoms with Crippen LogP contribution < -0.4 is 5.32 Å². The van der Waals surface area contributed by atoms with E-state index < -0.39 is 23.7 Å². The quantitative estimate of drug-likeness (QED) is 0.828. The molecule has 134 valence electrons. The fourth-order valence-electron chi connectivity index (χ4n) is 2.28. The topological polar surface area (TPSA) is 64.6 Å². The van der Waals surface area contributed by atoms with Gasteiger partial charge in [0.25, 0.3) is 0 Å². The Morgan fingerprint density at radius 3 is 2.21 bits per heavy atom. The average molecular weight is 335 g/mol. The van der Waals surface area contributed by atoms with Gasteiger partial charge in [0.15, 0.2) is 0 Å². The molecule has 0 spiro atoms. The van der Waals surface area contributed by atoms with Crippen LogP contribution in [-0.2, 0) is 14.3 Å². The van der Waals surface area contributed by atoms with Gasteiger partial charge in [-0.15, -0.1) is 0 Å². The molecule has 5 nitrogen and oxygen atoms in total. The summed E-state index contributed by atoms with van der Waals surface area (Å²) >= 11 is 0. The molecule has 0 saturated carbocycles. The number of benzene rings is 1. The molecule has 0 radical (unpaired) electrons. The third-order valence-electron chi connectivity index (χ3n) is 3.77. The molecule has 1 aromatic carbocycles. The normalized spacial score (nSPS) is 15.1. The Hall–Kier alpha value is -2.04. The standard InChI is InChI=1S/C19H29NO4/c1-12-10-8-9-11-16(12)13(2)15(4)23-17(21)14(3)20-18(22)24-19(5,6)7/h8-11,13-15H,1-7H3,(H,20,22)/t13-,14-,15-/m0/s1. The van der Waals surface area contributed by atoms with Crippen LogP contribution >= 0.6 is 0 Å². The molecule has 0 aliphatic heterocycles. The summed E-state index contributed by atoms with van der Waals surface area (Å²) < 4.78 is 10.6. The molecule has 3 atom stereocenters. The lowest BCUT2D eigenvalue weighted by atomic mass is 9.92. The number of esters is 1. The number of carbonyl (C=O) groups excluding carboxylic acids is 2. The van der Waals surface area contributed by atoms with E-state index in [9.17, 15) is 9.59 Å². The van der Waals surface area contributed by atoms with Gasteiger partial charge in [-0.25, -0.2) is 9.59 Å². The number of alkyl carbamates (subject to hydrolysis) is 1. The lowest BCUT2D eigenvalue weighted by Gasteiger charge is -2.25. The van der Waals surface area contributed by atoms with Gasteiger partial charge in [0.1, 0.15) is 17.7 Å². The van der Waals surface area contributed by atoms with Gasteiger partial charge < -0.3 is 14.8 Å². The maximum Gasteiger partial charge on any atom is 0.408 e. The zero-order valence-electron chi connectivity index (χ0n) is 15.7. The Morgan fingerprint density at radius 1 is 1.08 bits per heavy atom. The number of hydrogen-bond donors (Lipinski definition) is 1. The van der Waals surface area contributed by atoms with Crippen molar-refractivity contribution in [3.8, 4) is 0 Å². The minimum absolute atomic E-state index is 0.0591. The van der Waals surface area contributed by atoms with Crippen molar-refractivity contribution in [2.24, 2.45) is 0 Å². The smallest absolute Gasteiger partial charge is 0.408 e. The van der Waals surface area contributed by atoms with Gasteiger partial charge in [0, 0.05) is 5.92 Å². The molecule has 1 rings (SSSR count). The summed E-state index contributed by atoms with van der Waals surface area (Å²) in [6.45, 7) is 12.8. The maximum absolute atomic E-state index is 12.2. The summed E-state index contributed by atoms with van der Waals surface area (Å²) in [5, 5.41) is 2.50. The van der Waals surface area contributed by atoms with Gasteiger partial charge in [0.2, 0.25) is 0 Å². The summed E-state index contributed by atoms with van der Waals surface area (Å²) in [6, 6.07) is 7.25. The van der Waals surface area contributed by atoms with Crippen LogP contribution in [0.1, 0.15) is 58.6 Å². The van der Waals surface area contributed by atoms with E-state index in [-0.39, 0.29) is 12.0 Å². The molecule has 0 unspecified atom stereocenters. The van der Waals surface area contributed by atoms with Crippen molar-refractivity contribution in [1.29, 1.82) is 0 Å². The summed E-state index contributed by atoms with van der Waals surface area (Å²) in [5.74, 6) is -0.419. The Balaban J connectivity index is 2.60. The number of carbonyl (C=O) groups is 2. The monoisotopic (exact) mass is 335 g/mol. The van der Waals surface area contributed by atoms with Crippen molar-refractivity contribution in [2.45, 2.75) is 72.1 Å². The molecule has 0 aliphatic rings. The molecule has 0 aromatic heterocycles. The van der Waals surface area contributed by atoms with E-state index in [0.29, 0.717) is 0 Å². The highest BCUT2D eigenvalue weighted by Gasteiger charge is 2.25. The highest BCUT2D eigenvalue weighted by atomic mass is 16.6. The zero-order valence-corrected chi connectivity index (χ0v) is 15.7. The molecule has 1 amide bonds. The molecule has 1 aromatic rings. The van der Waals surface area contributed by atoms with Crippen LogP contribution in [-0.4, -0.2) is 29.8 Å². The highest BCUT2D eigenvalue weighted by Crippen LogP contribution is 2.24. The first-order chi connectivity index (χ1) is 11.0.